The molecule has 1 aromatic rings. The van der Waals surface area contributed by atoms with Gasteiger partial charge in [0, 0.05) is 55.4 Å². The van der Waals surface area contributed by atoms with Crippen molar-refractivity contribution in [2.75, 3.05) is 31.5 Å². The lowest BCUT2D eigenvalue weighted by Crippen LogP contribution is -2.52. The Balaban J connectivity index is 1.44. The van der Waals surface area contributed by atoms with Gasteiger partial charge in [-0.15, -0.1) is 0 Å². The van der Waals surface area contributed by atoms with Gasteiger partial charge in [0.05, 0.1) is 0 Å². The zero-order chi connectivity index (χ0) is 19.4. The van der Waals surface area contributed by atoms with E-state index in [-0.39, 0.29) is 11.7 Å². The van der Waals surface area contributed by atoms with E-state index in [1.54, 1.807) is 6.92 Å². The lowest BCUT2D eigenvalue weighted by molar-refractivity contribution is -0.138. The van der Waals surface area contributed by atoms with Gasteiger partial charge in [-0.3, -0.25) is 14.5 Å². The van der Waals surface area contributed by atoms with Crippen LogP contribution in [0.15, 0.2) is 24.3 Å². The molecule has 1 heterocycles. The van der Waals surface area contributed by atoms with E-state index >= 15 is 0 Å². The van der Waals surface area contributed by atoms with Gasteiger partial charge in [-0.05, 0) is 70.7 Å². The quantitative estimate of drug-likeness (QED) is 0.806. The molecule has 0 spiro atoms. The molecule has 0 atom stereocenters. The minimum Gasteiger partial charge on any atom is -0.382 e. The van der Waals surface area contributed by atoms with E-state index in [0.717, 1.165) is 63.1 Å². The molecular formula is C22H33N3O2. The molecular weight excluding hydrogens is 338 g/mol. The van der Waals surface area contributed by atoms with E-state index in [4.69, 9.17) is 0 Å². The van der Waals surface area contributed by atoms with Crippen LogP contribution in [-0.2, 0) is 4.79 Å². The number of rotatable bonds is 5. The first-order valence-electron chi connectivity index (χ1n) is 10.3. The summed E-state index contributed by atoms with van der Waals surface area (Å²) in [5, 5.41) is 3.56. The number of benzene rings is 1. The number of ketones is 1. The van der Waals surface area contributed by atoms with Crippen LogP contribution in [0.3, 0.4) is 0 Å². The predicted octanol–water partition coefficient (Wildman–Crippen LogP) is 3.41. The van der Waals surface area contributed by atoms with Gasteiger partial charge in [0.15, 0.2) is 5.78 Å². The third-order valence-corrected chi connectivity index (χ3v) is 6.09. The van der Waals surface area contributed by atoms with Crippen LogP contribution >= 0.6 is 0 Å². The van der Waals surface area contributed by atoms with Gasteiger partial charge >= 0.3 is 0 Å². The van der Waals surface area contributed by atoms with Crippen molar-refractivity contribution in [3.63, 3.8) is 0 Å². The minimum absolute atomic E-state index is 0.0924. The number of amides is 1. The molecule has 5 heteroatoms. The number of nitrogens with zero attached hydrogens (tertiary/aromatic N) is 2. The third-order valence-electron chi connectivity index (χ3n) is 6.09. The van der Waals surface area contributed by atoms with E-state index < -0.39 is 0 Å². The number of nitrogens with one attached hydrogen (secondary N) is 1. The largest absolute Gasteiger partial charge is 0.382 e. The molecule has 1 saturated heterocycles. The van der Waals surface area contributed by atoms with Crippen LogP contribution in [0.4, 0.5) is 5.69 Å². The fourth-order valence-corrected chi connectivity index (χ4v) is 4.24. The number of Topliss-reactive ketones (excluding diaryl/α,β-unsaturated/α-hetero) is 1. The molecule has 0 bridgehead atoms. The van der Waals surface area contributed by atoms with E-state index in [0.29, 0.717) is 18.0 Å². The number of hydrogen-bond acceptors (Lipinski definition) is 4. The van der Waals surface area contributed by atoms with Crippen LogP contribution in [0.2, 0.25) is 0 Å². The molecule has 0 aromatic heterocycles. The third kappa shape index (κ3) is 5.10. The Hall–Kier alpha value is -1.88. The molecule has 5 nitrogen and oxygen atoms in total. The summed E-state index contributed by atoms with van der Waals surface area (Å²) in [5.74, 6) is 0.645. The Morgan fingerprint density at radius 1 is 0.963 bits per heavy atom. The molecule has 1 N–H and O–H groups in total. The molecule has 2 aliphatic rings. The normalized spacial score (nSPS) is 24.1. The summed E-state index contributed by atoms with van der Waals surface area (Å²) >= 11 is 0. The zero-order valence-electron chi connectivity index (χ0n) is 16.9. The molecule has 1 saturated carbocycles. The number of anilines is 1. The van der Waals surface area contributed by atoms with Crippen LogP contribution in [0.5, 0.6) is 0 Å². The Morgan fingerprint density at radius 2 is 1.56 bits per heavy atom. The average Bonchev–Trinajstić information content (AvgIpc) is 2.68. The van der Waals surface area contributed by atoms with Crippen LogP contribution in [0.1, 0.15) is 56.8 Å². The van der Waals surface area contributed by atoms with Gasteiger partial charge in [-0.1, -0.05) is 0 Å². The Kier molecular flexibility index (Phi) is 6.53. The standard InChI is InChI=1S/C22H33N3O2/c1-16(2)24-12-14-25(15-13-24)22(27)19-6-10-21(11-7-19)23-20-8-4-18(5-9-20)17(3)26/h4-5,8-9,16,19,21,23H,6-7,10-15H2,1-3H3. The van der Waals surface area contributed by atoms with Crippen LogP contribution in [-0.4, -0.2) is 59.8 Å². The van der Waals surface area contributed by atoms with E-state index in [1.807, 2.05) is 24.3 Å². The van der Waals surface area contributed by atoms with Gasteiger partial charge < -0.3 is 10.2 Å². The summed E-state index contributed by atoms with van der Waals surface area (Å²) < 4.78 is 0. The van der Waals surface area contributed by atoms with Crippen molar-refractivity contribution in [1.29, 1.82) is 0 Å². The zero-order valence-corrected chi connectivity index (χ0v) is 16.9. The number of carbonyl (C=O) groups excluding carboxylic acids is 2. The Bertz CT molecular complexity index is 640. The summed E-state index contributed by atoms with van der Waals surface area (Å²) in [6.45, 7) is 9.77. The lowest BCUT2D eigenvalue weighted by Gasteiger charge is -2.39. The highest BCUT2D eigenvalue weighted by Gasteiger charge is 2.31. The summed E-state index contributed by atoms with van der Waals surface area (Å²) in [4.78, 5) is 28.7. The molecule has 2 fully saturated rings. The maximum atomic E-state index is 12.9. The van der Waals surface area contributed by atoms with Crippen LogP contribution < -0.4 is 5.32 Å². The number of piperazine rings is 1. The Morgan fingerprint density at radius 3 is 2.07 bits per heavy atom. The summed E-state index contributed by atoms with van der Waals surface area (Å²) in [5.41, 5.74) is 1.80. The van der Waals surface area contributed by atoms with Crippen molar-refractivity contribution < 1.29 is 9.59 Å². The summed E-state index contributed by atoms with van der Waals surface area (Å²) in [6, 6.07) is 8.67. The molecule has 0 radical (unpaired) electrons. The topological polar surface area (TPSA) is 52.7 Å². The Labute approximate surface area is 163 Å². The maximum Gasteiger partial charge on any atom is 0.225 e. The molecule has 3 rings (SSSR count). The van der Waals surface area contributed by atoms with E-state index in [9.17, 15) is 9.59 Å². The molecule has 0 unspecified atom stereocenters. The molecule has 1 aliphatic carbocycles. The SMILES string of the molecule is CC(=O)c1ccc(NC2CCC(C(=O)N3CCN(C(C)C)CC3)CC2)cc1. The first kappa shape index (κ1) is 19.9. The van der Waals surface area contributed by atoms with Crippen molar-refractivity contribution in [2.24, 2.45) is 5.92 Å². The van der Waals surface area contributed by atoms with Crippen LogP contribution in [0.25, 0.3) is 0 Å². The first-order chi connectivity index (χ1) is 12.9. The predicted molar refractivity (Wildman–Crippen MR) is 109 cm³/mol. The number of hydrogen-bond donors (Lipinski definition) is 1. The highest BCUT2D eigenvalue weighted by atomic mass is 16.2. The molecule has 1 amide bonds. The van der Waals surface area contributed by atoms with E-state index in [1.165, 1.54) is 0 Å². The smallest absolute Gasteiger partial charge is 0.225 e. The highest BCUT2D eigenvalue weighted by Crippen LogP contribution is 2.28. The molecule has 27 heavy (non-hydrogen) atoms. The van der Waals surface area contributed by atoms with Crippen molar-refractivity contribution in [3.8, 4) is 0 Å². The fraction of sp³-hybridized carbons (Fsp3) is 0.636. The molecule has 148 valence electrons. The van der Waals surface area contributed by atoms with Gasteiger partial charge in [0.1, 0.15) is 0 Å². The first-order valence-corrected chi connectivity index (χ1v) is 10.3. The van der Waals surface area contributed by atoms with Gasteiger partial charge in [-0.25, -0.2) is 0 Å². The number of carbonyl (C=O) groups is 2. The van der Waals surface area contributed by atoms with E-state index in [2.05, 4.69) is 29.0 Å². The van der Waals surface area contributed by atoms with Crippen molar-refractivity contribution in [3.05, 3.63) is 29.8 Å². The monoisotopic (exact) mass is 371 g/mol. The van der Waals surface area contributed by atoms with Crippen LogP contribution in [0, 0.1) is 5.92 Å². The second kappa shape index (κ2) is 8.87. The maximum absolute atomic E-state index is 12.9. The fourth-order valence-electron chi connectivity index (χ4n) is 4.24. The van der Waals surface area contributed by atoms with Crippen molar-refractivity contribution in [1.82, 2.24) is 9.80 Å². The summed E-state index contributed by atoms with van der Waals surface area (Å²) in [7, 11) is 0. The second-order valence-corrected chi connectivity index (χ2v) is 8.28. The molecule has 1 aliphatic heterocycles. The molecule has 1 aromatic carbocycles. The van der Waals surface area contributed by atoms with Crippen molar-refractivity contribution >= 4 is 17.4 Å². The van der Waals surface area contributed by atoms with Crippen molar-refractivity contribution in [2.45, 2.75) is 58.5 Å². The lowest BCUT2D eigenvalue weighted by atomic mass is 9.85. The second-order valence-electron chi connectivity index (χ2n) is 8.28. The highest BCUT2D eigenvalue weighted by molar-refractivity contribution is 5.94. The minimum atomic E-state index is 0.0924. The van der Waals surface area contributed by atoms with Gasteiger partial charge in [-0.2, -0.15) is 0 Å². The summed E-state index contributed by atoms with van der Waals surface area (Å²) in [6.07, 6.45) is 3.98. The van der Waals surface area contributed by atoms with Gasteiger partial charge in [0.25, 0.3) is 0 Å². The van der Waals surface area contributed by atoms with Gasteiger partial charge in [0.2, 0.25) is 5.91 Å². The average molecular weight is 372 g/mol.